The lowest BCUT2D eigenvalue weighted by Crippen LogP contribution is -2.10. The van der Waals surface area contributed by atoms with Crippen molar-refractivity contribution in [3.63, 3.8) is 0 Å². The molecular formula is C24H24F3NO. The van der Waals surface area contributed by atoms with Gasteiger partial charge in [0.1, 0.15) is 11.9 Å². The van der Waals surface area contributed by atoms with Crippen molar-refractivity contribution < 1.29 is 17.9 Å². The molecule has 0 amide bonds. The van der Waals surface area contributed by atoms with Crippen molar-refractivity contribution in [1.29, 1.82) is 0 Å². The van der Waals surface area contributed by atoms with E-state index in [1.165, 1.54) is 6.07 Å². The van der Waals surface area contributed by atoms with Crippen molar-refractivity contribution in [3.8, 4) is 17.0 Å². The predicted octanol–water partition coefficient (Wildman–Crippen LogP) is 7.39. The zero-order valence-electron chi connectivity index (χ0n) is 16.5. The molecule has 2 nitrogen and oxygen atoms in total. The van der Waals surface area contributed by atoms with Gasteiger partial charge in [-0.05, 0) is 61.7 Å². The van der Waals surface area contributed by atoms with E-state index in [0.29, 0.717) is 11.3 Å². The average molecular weight is 399 g/mol. The number of hydrogen-bond donors (Lipinski definition) is 0. The molecular weight excluding hydrogens is 375 g/mol. The molecule has 29 heavy (non-hydrogen) atoms. The Labute approximate surface area is 169 Å². The van der Waals surface area contributed by atoms with E-state index in [2.05, 4.69) is 11.9 Å². The first-order valence-electron chi connectivity index (χ1n) is 9.74. The lowest BCUT2D eigenvalue weighted by Gasteiger charge is -2.20. The van der Waals surface area contributed by atoms with Gasteiger partial charge in [-0.1, -0.05) is 43.7 Å². The molecule has 0 N–H and O–H groups in total. The molecule has 152 valence electrons. The van der Waals surface area contributed by atoms with Crippen LogP contribution in [-0.2, 0) is 6.18 Å². The number of rotatable bonds is 7. The third kappa shape index (κ3) is 5.59. The third-order valence-corrected chi connectivity index (χ3v) is 4.67. The second kappa shape index (κ2) is 9.12. The summed E-state index contributed by atoms with van der Waals surface area (Å²) < 4.78 is 45.4. The van der Waals surface area contributed by atoms with E-state index in [9.17, 15) is 13.2 Å². The Balaban J connectivity index is 1.92. The summed E-state index contributed by atoms with van der Waals surface area (Å²) in [5, 5.41) is 0. The summed E-state index contributed by atoms with van der Waals surface area (Å²) in [4.78, 5) is 4.65. The molecule has 0 spiro atoms. The molecule has 0 saturated carbocycles. The van der Waals surface area contributed by atoms with Gasteiger partial charge >= 0.3 is 6.18 Å². The van der Waals surface area contributed by atoms with Gasteiger partial charge in [-0.15, -0.1) is 0 Å². The van der Waals surface area contributed by atoms with Gasteiger partial charge < -0.3 is 4.74 Å². The fourth-order valence-corrected chi connectivity index (χ4v) is 3.16. The Hall–Kier alpha value is -2.82. The largest absolute Gasteiger partial charge is 0.484 e. The summed E-state index contributed by atoms with van der Waals surface area (Å²) >= 11 is 0. The Bertz CT molecular complexity index is 953. The van der Waals surface area contributed by atoms with E-state index in [4.69, 9.17) is 4.74 Å². The second-order valence-corrected chi connectivity index (χ2v) is 7.09. The van der Waals surface area contributed by atoms with Crippen LogP contribution in [0.3, 0.4) is 0 Å². The maximum atomic E-state index is 13.1. The number of alkyl halides is 3. The summed E-state index contributed by atoms with van der Waals surface area (Å²) in [6, 6.07) is 18.5. The molecule has 0 aliphatic carbocycles. The molecule has 5 heteroatoms. The molecule has 0 radical (unpaired) electrons. The number of nitrogens with zero attached hydrogens (tertiary/aromatic N) is 1. The standard InChI is InChI=1S/C24H24F3NO/c1-3-4-14-23(29-20-11-5-8-17(2)15-20)22-13-7-12-21(28-22)18-9-6-10-19(16-18)24(25,26)27/h5-13,15-16,23H,3-4,14H2,1-2H3. The number of aryl methyl sites for hydroxylation is 1. The Morgan fingerprint density at radius 2 is 1.72 bits per heavy atom. The summed E-state index contributed by atoms with van der Waals surface area (Å²) in [5.74, 6) is 0.761. The first-order valence-corrected chi connectivity index (χ1v) is 9.74. The van der Waals surface area contributed by atoms with Crippen molar-refractivity contribution in [2.75, 3.05) is 0 Å². The maximum absolute atomic E-state index is 13.1. The fourth-order valence-electron chi connectivity index (χ4n) is 3.16. The van der Waals surface area contributed by atoms with Gasteiger partial charge in [0.2, 0.25) is 0 Å². The fraction of sp³-hybridized carbons (Fsp3) is 0.292. The van der Waals surface area contributed by atoms with Crippen LogP contribution >= 0.6 is 0 Å². The SMILES string of the molecule is CCCCC(Oc1cccc(C)c1)c1cccc(-c2cccc(C(F)(F)F)c2)n1. The van der Waals surface area contributed by atoms with Gasteiger partial charge in [0.25, 0.3) is 0 Å². The highest BCUT2D eigenvalue weighted by atomic mass is 19.4. The highest BCUT2D eigenvalue weighted by molar-refractivity contribution is 5.60. The third-order valence-electron chi connectivity index (χ3n) is 4.67. The highest BCUT2D eigenvalue weighted by Gasteiger charge is 2.30. The zero-order chi connectivity index (χ0) is 20.9. The first-order chi connectivity index (χ1) is 13.9. The lowest BCUT2D eigenvalue weighted by atomic mass is 10.0. The van der Waals surface area contributed by atoms with Crippen LogP contribution in [0.25, 0.3) is 11.3 Å². The van der Waals surface area contributed by atoms with Crippen molar-refractivity contribution in [2.24, 2.45) is 0 Å². The molecule has 0 saturated heterocycles. The van der Waals surface area contributed by atoms with Gasteiger partial charge in [0.05, 0.1) is 17.0 Å². The normalized spacial score (nSPS) is 12.6. The lowest BCUT2D eigenvalue weighted by molar-refractivity contribution is -0.137. The van der Waals surface area contributed by atoms with Crippen molar-refractivity contribution in [1.82, 2.24) is 4.98 Å². The molecule has 1 unspecified atom stereocenters. The molecule has 1 atom stereocenters. The van der Waals surface area contributed by atoms with E-state index in [1.54, 1.807) is 12.1 Å². The van der Waals surface area contributed by atoms with Gasteiger partial charge in [-0.25, -0.2) is 4.98 Å². The quantitative estimate of drug-likeness (QED) is 0.413. The zero-order valence-corrected chi connectivity index (χ0v) is 16.5. The van der Waals surface area contributed by atoms with Gasteiger partial charge in [0, 0.05) is 5.56 Å². The summed E-state index contributed by atoms with van der Waals surface area (Å²) in [7, 11) is 0. The Morgan fingerprint density at radius 1 is 0.966 bits per heavy atom. The smallest absolute Gasteiger partial charge is 0.416 e. The Morgan fingerprint density at radius 3 is 2.45 bits per heavy atom. The van der Waals surface area contributed by atoms with Crippen LogP contribution < -0.4 is 4.74 Å². The minimum absolute atomic E-state index is 0.262. The van der Waals surface area contributed by atoms with Crippen LogP contribution in [0.2, 0.25) is 0 Å². The number of pyridine rings is 1. The minimum atomic E-state index is -4.38. The topological polar surface area (TPSA) is 22.1 Å². The maximum Gasteiger partial charge on any atom is 0.416 e. The number of ether oxygens (including phenoxy) is 1. The van der Waals surface area contributed by atoms with Crippen molar-refractivity contribution in [2.45, 2.75) is 45.4 Å². The summed E-state index contributed by atoms with van der Waals surface area (Å²) in [5.41, 5.74) is 2.08. The van der Waals surface area contributed by atoms with E-state index in [-0.39, 0.29) is 6.10 Å². The Kier molecular flexibility index (Phi) is 6.57. The van der Waals surface area contributed by atoms with Crippen molar-refractivity contribution >= 4 is 0 Å². The number of aromatic nitrogens is 1. The van der Waals surface area contributed by atoms with E-state index in [0.717, 1.165) is 48.4 Å². The molecule has 1 aromatic heterocycles. The molecule has 0 bridgehead atoms. The van der Waals surface area contributed by atoms with E-state index >= 15 is 0 Å². The minimum Gasteiger partial charge on any atom is -0.484 e. The molecule has 2 aromatic carbocycles. The number of hydrogen-bond acceptors (Lipinski definition) is 2. The average Bonchev–Trinajstić information content (AvgIpc) is 2.71. The van der Waals surface area contributed by atoms with Crippen LogP contribution in [0.5, 0.6) is 5.75 Å². The van der Waals surface area contributed by atoms with Crippen LogP contribution in [0.15, 0.2) is 66.7 Å². The number of halogens is 3. The van der Waals surface area contributed by atoms with Crippen LogP contribution in [0, 0.1) is 6.92 Å². The highest BCUT2D eigenvalue weighted by Crippen LogP contribution is 2.32. The van der Waals surface area contributed by atoms with E-state index in [1.807, 2.05) is 43.3 Å². The molecule has 3 aromatic rings. The molecule has 3 rings (SSSR count). The van der Waals surface area contributed by atoms with Gasteiger partial charge in [0.15, 0.2) is 0 Å². The molecule has 0 aliphatic rings. The number of benzene rings is 2. The monoisotopic (exact) mass is 399 g/mol. The summed E-state index contributed by atoms with van der Waals surface area (Å²) in [6.45, 7) is 4.11. The van der Waals surface area contributed by atoms with Crippen molar-refractivity contribution in [3.05, 3.63) is 83.6 Å². The van der Waals surface area contributed by atoms with Gasteiger partial charge in [-0.3, -0.25) is 0 Å². The van der Waals surface area contributed by atoms with E-state index < -0.39 is 11.7 Å². The van der Waals surface area contributed by atoms with Crippen LogP contribution in [-0.4, -0.2) is 4.98 Å². The summed E-state index contributed by atoms with van der Waals surface area (Å²) in [6.07, 6.45) is -1.88. The first kappa shape index (κ1) is 20.9. The second-order valence-electron chi connectivity index (χ2n) is 7.09. The van der Waals surface area contributed by atoms with Crippen LogP contribution in [0.4, 0.5) is 13.2 Å². The van der Waals surface area contributed by atoms with Gasteiger partial charge in [-0.2, -0.15) is 13.2 Å². The molecule has 0 fully saturated rings. The molecule has 1 heterocycles. The number of unbranched alkanes of at least 4 members (excludes halogenated alkanes) is 1. The molecule has 0 aliphatic heterocycles. The van der Waals surface area contributed by atoms with Crippen LogP contribution in [0.1, 0.15) is 49.1 Å². The predicted molar refractivity (Wildman–Crippen MR) is 109 cm³/mol.